The Morgan fingerprint density at radius 1 is 1.22 bits per heavy atom. The van der Waals surface area contributed by atoms with Gasteiger partial charge in [0.15, 0.2) is 0 Å². The van der Waals surface area contributed by atoms with Crippen LogP contribution in [0.5, 0.6) is 0 Å². The van der Waals surface area contributed by atoms with Gasteiger partial charge in [-0.3, -0.25) is 9.88 Å². The molecule has 1 aliphatic heterocycles. The maximum atomic E-state index is 5.55. The Kier molecular flexibility index (Phi) is 5.34. The number of hydrogen-bond donors (Lipinski definition) is 1. The normalized spacial score (nSPS) is 17.3. The second-order valence-electron chi connectivity index (χ2n) is 6.64. The van der Waals surface area contributed by atoms with Gasteiger partial charge in [0.25, 0.3) is 0 Å². The summed E-state index contributed by atoms with van der Waals surface area (Å²) in [6, 6.07) is 5.79. The minimum absolute atomic E-state index is 0.118. The maximum Gasteiger partial charge on any atom is 0.244 e. The summed E-state index contributed by atoms with van der Waals surface area (Å²) >= 11 is 0. The van der Waals surface area contributed by atoms with Crippen LogP contribution in [-0.4, -0.2) is 43.1 Å². The molecule has 8 nitrogen and oxygen atoms in total. The molecule has 0 aliphatic carbocycles. The van der Waals surface area contributed by atoms with Gasteiger partial charge in [0.2, 0.25) is 17.7 Å². The molecule has 0 amide bonds. The van der Waals surface area contributed by atoms with Crippen molar-refractivity contribution in [2.75, 3.05) is 18.4 Å². The molecular weight excluding hydrogens is 342 g/mol. The van der Waals surface area contributed by atoms with Gasteiger partial charge in [-0.15, -0.1) is 0 Å². The fourth-order valence-corrected chi connectivity index (χ4v) is 3.26. The van der Waals surface area contributed by atoms with Gasteiger partial charge in [0.1, 0.15) is 5.69 Å². The van der Waals surface area contributed by atoms with Crippen molar-refractivity contribution in [1.29, 1.82) is 0 Å². The topological polar surface area (TPSA) is 92.9 Å². The van der Waals surface area contributed by atoms with E-state index in [9.17, 15) is 0 Å². The molecule has 4 heterocycles. The molecule has 1 saturated heterocycles. The number of rotatable bonds is 7. The Hall–Kier alpha value is -2.87. The Bertz CT molecular complexity index is 850. The fourth-order valence-electron chi connectivity index (χ4n) is 3.26. The van der Waals surface area contributed by atoms with Crippen LogP contribution in [0.3, 0.4) is 0 Å². The number of aromatic nitrogens is 5. The fraction of sp³-hybridized carbons (Fsp3) is 0.421. The molecule has 1 aliphatic rings. The Morgan fingerprint density at radius 3 is 2.89 bits per heavy atom. The van der Waals surface area contributed by atoms with Crippen molar-refractivity contribution in [3.8, 4) is 11.5 Å². The number of nitrogens with one attached hydrogen (secondary N) is 1. The van der Waals surface area contributed by atoms with Crippen molar-refractivity contribution < 1.29 is 4.52 Å². The molecule has 1 N–H and O–H groups in total. The van der Waals surface area contributed by atoms with Gasteiger partial charge in [0.05, 0.1) is 6.04 Å². The summed E-state index contributed by atoms with van der Waals surface area (Å²) in [6.07, 6.45) is 8.64. The van der Waals surface area contributed by atoms with Crippen molar-refractivity contribution >= 4 is 5.95 Å². The highest BCUT2D eigenvalue weighted by molar-refractivity contribution is 5.47. The highest BCUT2D eigenvalue weighted by Crippen LogP contribution is 2.32. The van der Waals surface area contributed by atoms with Gasteiger partial charge < -0.3 is 9.84 Å². The molecule has 0 radical (unpaired) electrons. The SMILES string of the molecule is CCCNc1ncc(CN2CCC[C@@H]2c2nc(-c3ccccn3)no2)cn1. The highest BCUT2D eigenvalue weighted by Gasteiger charge is 2.31. The van der Waals surface area contributed by atoms with Crippen molar-refractivity contribution in [2.24, 2.45) is 0 Å². The van der Waals surface area contributed by atoms with Gasteiger partial charge in [-0.1, -0.05) is 18.1 Å². The summed E-state index contributed by atoms with van der Waals surface area (Å²) in [5.74, 6) is 1.86. The van der Waals surface area contributed by atoms with Crippen molar-refractivity contribution in [3.63, 3.8) is 0 Å². The van der Waals surface area contributed by atoms with Crippen LogP contribution in [0.2, 0.25) is 0 Å². The predicted molar refractivity (Wildman–Crippen MR) is 101 cm³/mol. The Labute approximate surface area is 158 Å². The summed E-state index contributed by atoms with van der Waals surface area (Å²) in [5, 5.41) is 7.30. The zero-order valence-electron chi connectivity index (χ0n) is 15.4. The maximum absolute atomic E-state index is 5.55. The van der Waals surface area contributed by atoms with Crippen LogP contribution >= 0.6 is 0 Å². The lowest BCUT2D eigenvalue weighted by Gasteiger charge is -2.21. The van der Waals surface area contributed by atoms with E-state index in [1.807, 2.05) is 30.6 Å². The number of pyridine rings is 1. The molecule has 4 rings (SSSR count). The van der Waals surface area contributed by atoms with E-state index < -0.39 is 0 Å². The molecule has 27 heavy (non-hydrogen) atoms. The number of likely N-dealkylation sites (tertiary alicyclic amines) is 1. The van der Waals surface area contributed by atoms with Crippen LogP contribution in [0, 0.1) is 0 Å². The number of hydrogen-bond acceptors (Lipinski definition) is 8. The first-order valence-corrected chi connectivity index (χ1v) is 9.37. The summed E-state index contributed by atoms with van der Waals surface area (Å²) in [4.78, 5) is 20.0. The van der Waals surface area contributed by atoms with Crippen molar-refractivity contribution in [1.82, 2.24) is 30.0 Å². The quantitative estimate of drug-likeness (QED) is 0.683. The Morgan fingerprint density at radius 2 is 2.11 bits per heavy atom. The summed E-state index contributed by atoms with van der Waals surface area (Å²) < 4.78 is 5.55. The third-order valence-electron chi connectivity index (χ3n) is 4.61. The van der Waals surface area contributed by atoms with E-state index in [1.165, 1.54) is 0 Å². The molecule has 0 aromatic carbocycles. The average Bonchev–Trinajstić information content (AvgIpc) is 3.37. The van der Waals surface area contributed by atoms with Gasteiger partial charge in [-0.25, -0.2) is 9.97 Å². The van der Waals surface area contributed by atoms with E-state index in [2.05, 4.69) is 42.2 Å². The lowest BCUT2D eigenvalue weighted by Crippen LogP contribution is -2.23. The molecule has 3 aromatic rings. The summed E-state index contributed by atoms with van der Waals surface area (Å²) in [7, 11) is 0. The lowest BCUT2D eigenvalue weighted by molar-refractivity contribution is 0.201. The zero-order chi connectivity index (χ0) is 18.5. The minimum atomic E-state index is 0.118. The first kappa shape index (κ1) is 17.5. The first-order chi connectivity index (χ1) is 13.3. The second kappa shape index (κ2) is 8.22. The number of anilines is 1. The van der Waals surface area contributed by atoms with Gasteiger partial charge in [0, 0.05) is 37.2 Å². The molecular formula is C19H23N7O. The van der Waals surface area contributed by atoms with Crippen LogP contribution < -0.4 is 5.32 Å². The predicted octanol–water partition coefficient (Wildman–Crippen LogP) is 3.08. The molecule has 1 atom stereocenters. The van der Waals surface area contributed by atoms with Crippen LogP contribution in [0.25, 0.3) is 11.5 Å². The summed E-state index contributed by atoms with van der Waals surface area (Å²) in [6.45, 7) is 4.75. The smallest absolute Gasteiger partial charge is 0.244 e. The zero-order valence-corrected chi connectivity index (χ0v) is 15.4. The molecule has 0 spiro atoms. The van der Waals surface area contributed by atoms with Gasteiger partial charge >= 0.3 is 0 Å². The molecule has 0 bridgehead atoms. The highest BCUT2D eigenvalue weighted by atomic mass is 16.5. The van der Waals surface area contributed by atoms with Crippen LogP contribution in [-0.2, 0) is 6.54 Å². The molecule has 140 valence electrons. The van der Waals surface area contributed by atoms with E-state index in [0.29, 0.717) is 17.7 Å². The van der Waals surface area contributed by atoms with E-state index >= 15 is 0 Å². The van der Waals surface area contributed by atoms with Crippen LogP contribution in [0.1, 0.15) is 43.7 Å². The first-order valence-electron chi connectivity index (χ1n) is 9.37. The Balaban J connectivity index is 1.44. The monoisotopic (exact) mass is 365 g/mol. The van der Waals surface area contributed by atoms with Crippen LogP contribution in [0.4, 0.5) is 5.95 Å². The van der Waals surface area contributed by atoms with Crippen molar-refractivity contribution in [3.05, 3.63) is 48.2 Å². The average molecular weight is 365 g/mol. The van der Waals surface area contributed by atoms with Gasteiger partial charge in [-0.2, -0.15) is 4.98 Å². The van der Waals surface area contributed by atoms with Crippen LogP contribution in [0.15, 0.2) is 41.3 Å². The van der Waals surface area contributed by atoms with E-state index in [4.69, 9.17) is 4.52 Å². The van der Waals surface area contributed by atoms with Gasteiger partial charge in [-0.05, 0) is 37.9 Å². The molecule has 0 saturated carbocycles. The van der Waals surface area contributed by atoms with E-state index in [-0.39, 0.29) is 6.04 Å². The lowest BCUT2D eigenvalue weighted by atomic mass is 10.2. The number of nitrogens with zero attached hydrogens (tertiary/aromatic N) is 6. The second-order valence-corrected chi connectivity index (χ2v) is 6.64. The standard InChI is InChI=1S/C19H23N7O/c1-2-8-21-19-22-11-14(12-23-19)13-26-10-5-7-16(26)18-24-17(25-27-18)15-6-3-4-9-20-15/h3-4,6,9,11-12,16H,2,5,7-8,10,13H2,1H3,(H,21,22,23)/t16-/m1/s1. The van der Waals surface area contributed by atoms with E-state index in [0.717, 1.165) is 50.2 Å². The molecule has 3 aromatic heterocycles. The van der Waals surface area contributed by atoms with E-state index in [1.54, 1.807) is 6.20 Å². The molecule has 8 heteroatoms. The third kappa shape index (κ3) is 4.11. The third-order valence-corrected chi connectivity index (χ3v) is 4.61. The summed E-state index contributed by atoms with van der Waals surface area (Å²) in [5.41, 5.74) is 1.80. The molecule has 0 unspecified atom stereocenters. The largest absolute Gasteiger partial charge is 0.354 e. The minimum Gasteiger partial charge on any atom is -0.354 e. The van der Waals surface area contributed by atoms with Crippen molar-refractivity contribution in [2.45, 2.75) is 38.8 Å². The molecule has 1 fully saturated rings.